The maximum atomic E-state index is 14.3. The third-order valence-corrected chi connectivity index (χ3v) is 9.20. The lowest BCUT2D eigenvalue weighted by molar-refractivity contribution is 0.0600. The molecule has 52 heavy (non-hydrogen) atoms. The average molecular weight is 687 g/mol. The van der Waals surface area contributed by atoms with Gasteiger partial charge in [0.2, 0.25) is 0 Å². The van der Waals surface area contributed by atoms with E-state index in [-0.39, 0.29) is 11.5 Å². The van der Waals surface area contributed by atoms with E-state index in [1.54, 1.807) is 31.5 Å². The summed E-state index contributed by atoms with van der Waals surface area (Å²) in [6.07, 6.45) is 1.73. The van der Waals surface area contributed by atoms with E-state index < -0.39 is 5.97 Å². The van der Waals surface area contributed by atoms with Crippen molar-refractivity contribution in [2.75, 3.05) is 14.2 Å². The number of rotatable bonds is 9. The summed E-state index contributed by atoms with van der Waals surface area (Å²) in [5.74, 6) is 0.988. The number of nitrogens with zero attached hydrogens (tertiary/aromatic N) is 4. The summed E-state index contributed by atoms with van der Waals surface area (Å²) in [5.41, 5.74) is 8.79. The van der Waals surface area contributed by atoms with Gasteiger partial charge in [0.05, 0.1) is 48.3 Å². The van der Waals surface area contributed by atoms with Crippen molar-refractivity contribution < 1.29 is 14.3 Å². The number of fused-ring (bicyclic) bond motifs is 1. The van der Waals surface area contributed by atoms with Crippen molar-refractivity contribution in [2.45, 2.75) is 26.7 Å². The molecule has 0 spiro atoms. The minimum atomic E-state index is -0.406. The number of hydrogen-bond acceptors (Lipinski definition) is 6. The Hall–Kier alpha value is -6.54. The molecule has 7 aromatic rings. The van der Waals surface area contributed by atoms with E-state index in [0.717, 1.165) is 56.2 Å². The molecule has 2 heterocycles. The summed E-state index contributed by atoms with van der Waals surface area (Å²) in [7, 11) is 3.04. The average Bonchev–Trinajstić information content (AvgIpc) is 3.57. The lowest BCUT2D eigenvalue weighted by Gasteiger charge is -2.17. The van der Waals surface area contributed by atoms with Crippen molar-refractivity contribution in [3.63, 3.8) is 0 Å². The normalized spacial score (nSPS) is 11.4. The van der Waals surface area contributed by atoms with Crippen molar-refractivity contribution in [1.82, 2.24) is 14.2 Å². The van der Waals surface area contributed by atoms with Gasteiger partial charge >= 0.3 is 5.97 Å². The zero-order valence-corrected chi connectivity index (χ0v) is 29.7. The third kappa shape index (κ3) is 6.31. The van der Waals surface area contributed by atoms with E-state index >= 15 is 0 Å². The molecule has 8 nitrogen and oxygen atoms in total. The van der Waals surface area contributed by atoms with Crippen LogP contribution < -0.4 is 10.3 Å². The molecule has 0 saturated carbocycles. The third-order valence-electron chi connectivity index (χ3n) is 9.20. The Kier molecular flexibility index (Phi) is 9.37. The number of esters is 1. The first-order valence-electron chi connectivity index (χ1n) is 17.1. The molecule has 0 aliphatic carbocycles. The first-order valence-corrected chi connectivity index (χ1v) is 17.1. The molecule has 0 saturated heterocycles. The second-order valence-corrected chi connectivity index (χ2v) is 12.8. The maximum Gasteiger partial charge on any atom is 0.337 e. The molecule has 258 valence electrons. The largest absolute Gasteiger partial charge is 0.496 e. The Balaban J connectivity index is 1.50. The number of para-hydroxylation sites is 1. The molecule has 0 bridgehead atoms. The summed E-state index contributed by atoms with van der Waals surface area (Å²) in [6.45, 7) is 6.21. The van der Waals surface area contributed by atoms with Crippen molar-refractivity contribution in [3.05, 3.63) is 160 Å². The lowest BCUT2D eigenvalue weighted by atomic mass is 9.96. The van der Waals surface area contributed by atoms with Gasteiger partial charge in [0, 0.05) is 16.8 Å². The van der Waals surface area contributed by atoms with Crippen LogP contribution in [-0.4, -0.2) is 40.6 Å². The molecular formula is C44H38N4O4. The van der Waals surface area contributed by atoms with Crippen LogP contribution in [0.25, 0.3) is 50.5 Å². The van der Waals surface area contributed by atoms with Crippen LogP contribution in [0.2, 0.25) is 0 Å². The van der Waals surface area contributed by atoms with E-state index in [1.807, 2.05) is 91.9 Å². The smallest absolute Gasteiger partial charge is 0.337 e. The van der Waals surface area contributed by atoms with Crippen molar-refractivity contribution in [2.24, 2.45) is 5.10 Å². The summed E-state index contributed by atoms with van der Waals surface area (Å²) in [6, 6.07) is 40.9. The van der Waals surface area contributed by atoms with Crippen LogP contribution in [0.4, 0.5) is 0 Å². The highest BCUT2D eigenvalue weighted by atomic mass is 16.5. The Bertz CT molecular complexity index is 2500. The van der Waals surface area contributed by atoms with Gasteiger partial charge in [-0.25, -0.2) is 9.78 Å². The molecule has 5 aromatic carbocycles. The van der Waals surface area contributed by atoms with Gasteiger partial charge in [0.25, 0.3) is 5.56 Å². The fourth-order valence-corrected chi connectivity index (χ4v) is 6.57. The number of benzene rings is 5. The van der Waals surface area contributed by atoms with Crippen molar-refractivity contribution >= 4 is 23.1 Å². The molecular weight excluding hydrogens is 649 g/mol. The minimum Gasteiger partial charge on any atom is -0.496 e. The molecule has 0 fully saturated rings. The first kappa shape index (κ1) is 33.9. The number of aromatic nitrogens is 3. The number of carbonyl (C=O) groups is 1. The zero-order chi connectivity index (χ0) is 36.4. The van der Waals surface area contributed by atoms with E-state index in [4.69, 9.17) is 19.6 Å². The number of aryl methyl sites for hydroxylation is 1. The van der Waals surface area contributed by atoms with E-state index in [2.05, 4.69) is 42.7 Å². The molecule has 0 amide bonds. The monoisotopic (exact) mass is 686 g/mol. The Morgan fingerprint density at radius 2 is 1.46 bits per heavy atom. The van der Waals surface area contributed by atoms with Gasteiger partial charge in [0.15, 0.2) is 5.82 Å². The van der Waals surface area contributed by atoms with Gasteiger partial charge in [-0.15, -0.1) is 0 Å². The molecule has 0 radical (unpaired) electrons. The highest BCUT2D eigenvalue weighted by Crippen LogP contribution is 2.37. The van der Waals surface area contributed by atoms with E-state index in [9.17, 15) is 9.59 Å². The fraction of sp³-hybridized carbons (Fsp3) is 0.136. The van der Waals surface area contributed by atoms with Gasteiger partial charge in [-0.2, -0.15) is 9.78 Å². The quantitative estimate of drug-likeness (QED) is 0.112. The Labute approximate surface area is 302 Å². The van der Waals surface area contributed by atoms with Gasteiger partial charge in [-0.1, -0.05) is 86.6 Å². The van der Waals surface area contributed by atoms with Crippen molar-refractivity contribution in [3.8, 4) is 45.3 Å². The van der Waals surface area contributed by atoms with Crippen LogP contribution in [0, 0.1) is 6.92 Å². The highest BCUT2D eigenvalue weighted by molar-refractivity contribution is 5.94. The summed E-state index contributed by atoms with van der Waals surface area (Å²) in [4.78, 5) is 31.7. The van der Waals surface area contributed by atoms with Crippen LogP contribution in [0.1, 0.15) is 46.8 Å². The van der Waals surface area contributed by atoms with Crippen LogP contribution >= 0.6 is 0 Å². The Morgan fingerprint density at radius 1 is 0.808 bits per heavy atom. The van der Waals surface area contributed by atoms with Gasteiger partial charge in [-0.05, 0) is 89.7 Å². The molecule has 0 unspecified atom stereocenters. The molecule has 0 atom stereocenters. The number of methoxy groups -OCH3 is 2. The SMILES string of the molecule is COC(=O)c1ccc(-n2c(-c3ccccc3)cc(C=Nn3c(-c4cc(C(C)C)c(OC)cc4C)nc4ccccc4c3=O)c2-c2ccccc2)cc1. The molecule has 8 heteroatoms. The van der Waals surface area contributed by atoms with Crippen molar-refractivity contribution in [1.29, 1.82) is 0 Å². The van der Waals surface area contributed by atoms with Crippen LogP contribution in [0.15, 0.2) is 137 Å². The number of ether oxygens (including phenoxy) is 2. The maximum absolute atomic E-state index is 14.3. The molecule has 7 rings (SSSR count). The molecule has 0 N–H and O–H groups in total. The predicted octanol–water partition coefficient (Wildman–Crippen LogP) is 9.30. The summed E-state index contributed by atoms with van der Waals surface area (Å²) in [5, 5.41) is 5.42. The molecule has 0 aliphatic rings. The summed E-state index contributed by atoms with van der Waals surface area (Å²) >= 11 is 0. The predicted molar refractivity (Wildman–Crippen MR) is 208 cm³/mol. The Morgan fingerprint density at radius 3 is 2.12 bits per heavy atom. The van der Waals surface area contributed by atoms with Gasteiger partial charge in [-0.3, -0.25) is 4.79 Å². The van der Waals surface area contributed by atoms with Crippen LogP contribution in [0.3, 0.4) is 0 Å². The number of hydrogen-bond donors (Lipinski definition) is 0. The zero-order valence-electron chi connectivity index (χ0n) is 29.7. The lowest BCUT2D eigenvalue weighted by Crippen LogP contribution is -2.21. The van der Waals surface area contributed by atoms with E-state index in [0.29, 0.717) is 22.3 Å². The molecule has 2 aromatic heterocycles. The fourth-order valence-electron chi connectivity index (χ4n) is 6.57. The number of carbonyl (C=O) groups excluding carboxylic acids is 1. The highest BCUT2D eigenvalue weighted by Gasteiger charge is 2.21. The molecule has 0 aliphatic heterocycles. The van der Waals surface area contributed by atoms with Gasteiger partial charge < -0.3 is 14.0 Å². The topological polar surface area (TPSA) is 87.7 Å². The van der Waals surface area contributed by atoms with Crippen LogP contribution in [-0.2, 0) is 4.74 Å². The summed E-state index contributed by atoms with van der Waals surface area (Å²) < 4.78 is 14.2. The standard InChI is InChI=1S/C44H38N4O4/c1-28(2)36-26-37(29(3)24-40(36)51-4)42-46-38-19-13-12-18-35(38)43(49)48(42)45-27-33-25-39(30-14-8-6-9-15-30)47(41(33)31-16-10-7-11-17-31)34-22-20-32(21-23-34)44(50)52-5/h6-28H,1-5H3. The second kappa shape index (κ2) is 14.4. The van der Waals surface area contributed by atoms with E-state index in [1.165, 1.54) is 11.8 Å². The minimum absolute atomic E-state index is 0.171. The van der Waals surface area contributed by atoms with Crippen LogP contribution in [0.5, 0.6) is 5.75 Å². The first-order chi connectivity index (χ1) is 25.3. The van der Waals surface area contributed by atoms with Gasteiger partial charge in [0.1, 0.15) is 5.75 Å². The second-order valence-electron chi connectivity index (χ2n) is 12.8.